The molecule has 1 amide bonds. The number of hydrogen-bond acceptors (Lipinski definition) is 3. The second-order valence-electron chi connectivity index (χ2n) is 6.10. The Hall–Kier alpha value is -0.610. The quantitative estimate of drug-likeness (QED) is 0.737. The molecule has 2 aliphatic carbocycles. The van der Waals surface area contributed by atoms with E-state index in [4.69, 9.17) is 5.73 Å². The van der Waals surface area contributed by atoms with E-state index >= 15 is 0 Å². The molecule has 0 aliphatic heterocycles. The van der Waals surface area contributed by atoms with Gasteiger partial charge in [-0.25, -0.2) is 0 Å². The molecule has 110 valence electrons. The first-order valence-electron chi connectivity index (χ1n) is 8.03. The van der Waals surface area contributed by atoms with Crippen LogP contribution in [0.25, 0.3) is 0 Å². The van der Waals surface area contributed by atoms with E-state index in [1.54, 1.807) is 0 Å². The minimum atomic E-state index is 0.218. The second-order valence-corrected chi connectivity index (χ2v) is 6.10. The summed E-state index contributed by atoms with van der Waals surface area (Å²) in [4.78, 5) is 14.5. The van der Waals surface area contributed by atoms with Gasteiger partial charge in [-0.15, -0.1) is 0 Å². The van der Waals surface area contributed by atoms with E-state index in [2.05, 4.69) is 10.2 Å². The van der Waals surface area contributed by atoms with Gasteiger partial charge in [-0.1, -0.05) is 25.7 Å². The summed E-state index contributed by atoms with van der Waals surface area (Å²) in [5, 5.41) is 3.22. The molecule has 0 spiro atoms. The van der Waals surface area contributed by atoms with Crippen LogP contribution in [0, 0.1) is 0 Å². The van der Waals surface area contributed by atoms with Crippen molar-refractivity contribution in [3.05, 3.63) is 0 Å². The van der Waals surface area contributed by atoms with Crippen molar-refractivity contribution in [1.82, 2.24) is 10.2 Å². The van der Waals surface area contributed by atoms with Gasteiger partial charge in [0.15, 0.2) is 0 Å². The molecule has 2 aliphatic rings. The van der Waals surface area contributed by atoms with Crippen LogP contribution in [0.2, 0.25) is 0 Å². The molecule has 0 aromatic rings. The molecule has 19 heavy (non-hydrogen) atoms. The molecule has 0 atom stereocenters. The normalized spacial score (nSPS) is 21.4. The monoisotopic (exact) mass is 267 g/mol. The maximum absolute atomic E-state index is 12.1. The number of nitrogens with one attached hydrogen (secondary N) is 1. The smallest absolute Gasteiger partial charge is 0.234 e. The van der Waals surface area contributed by atoms with Crippen LogP contribution in [-0.2, 0) is 4.79 Å². The summed E-state index contributed by atoms with van der Waals surface area (Å²) in [6.45, 7) is 2.26. The molecule has 0 heterocycles. The lowest BCUT2D eigenvalue weighted by Crippen LogP contribution is -2.48. The maximum Gasteiger partial charge on any atom is 0.234 e. The molecule has 4 heteroatoms. The van der Waals surface area contributed by atoms with Crippen molar-refractivity contribution >= 4 is 5.91 Å². The van der Waals surface area contributed by atoms with E-state index < -0.39 is 0 Å². The third-order valence-electron chi connectivity index (χ3n) is 4.56. The topological polar surface area (TPSA) is 58.4 Å². The number of carbonyl (C=O) groups excluding carboxylic acids is 1. The standard InChI is InChI=1S/C15H29N3O/c16-10-5-11-18(14-8-4-9-14)12-15(19)17-13-6-2-1-3-7-13/h13-14H,1-12,16H2,(H,17,19). The predicted octanol–water partition coefficient (Wildman–Crippen LogP) is 1.64. The Kier molecular flexibility index (Phi) is 6.11. The lowest BCUT2D eigenvalue weighted by Gasteiger charge is -2.37. The maximum atomic E-state index is 12.1. The zero-order valence-corrected chi connectivity index (χ0v) is 12.1. The van der Waals surface area contributed by atoms with Crippen LogP contribution >= 0.6 is 0 Å². The zero-order chi connectivity index (χ0) is 13.5. The molecule has 0 unspecified atom stereocenters. The molecular formula is C15H29N3O. The number of rotatable bonds is 7. The Balaban J connectivity index is 1.73. The van der Waals surface area contributed by atoms with Crippen molar-refractivity contribution in [2.24, 2.45) is 5.73 Å². The number of amides is 1. The van der Waals surface area contributed by atoms with E-state index in [1.165, 1.54) is 38.5 Å². The van der Waals surface area contributed by atoms with Crippen molar-refractivity contribution in [3.63, 3.8) is 0 Å². The molecular weight excluding hydrogens is 238 g/mol. The third-order valence-corrected chi connectivity index (χ3v) is 4.56. The largest absolute Gasteiger partial charge is 0.352 e. The Morgan fingerprint density at radius 2 is 1.84 bits per heavy atom. The van der Waals surface area contributed by atoms with Gasteiger partial charge in [-0.05, 0) is 38.6 Å². The van der Waals surface area contributed by atoms with Crippen molar-refractivity contribution in [1.29, 1.82) is 0 Å². The van der Waals surface area contributed by atoms with Gasteiger partial charge in [0.2, 0.25) is 5.91 Å². The van der Waals surface area contributed by atoms with Crippen molar-refractivity contribution < 1.29 is 4.79 Å². The summed E-state index contributed by atoms with van der Waals surface area (Å²) in [5.41, 5.74) is 5.59. The van der Waals surface area contributed by atoms with E-state index in [-0.39, 0.29) is 5.91 Å². The minimum Gasteiger partial charge on any atom is -0.352 e. The van der Waals surface area contributed by atoms with Crippen LogP contribution in [0.3, 0.4) is 0 Å². The Morgan fingerprint density at radius 1 is 1.11 bits per heavy atom. The van der Waals surface area contributed by atoms with Crippen LogP contribution in [0.1, 0.15) is 57.8 Å². The van der Waals surface area contributed by atoms with Crippen LogP contribution in [-0.4, -0.2) is 42.5 Å². The predicted molar refractivity (Wildman–Crippen MR) is 77.9 cm³/mol. The van der Waals surface area contributed by atoms with Crippen molar-refractivity contribution in [3.8, 4) is 0 Å². The van der Waals surface area contributed by atoms with Gasteiger partial charge in [0.05, 0.1) is 6.54 Å². The molecule has 0 bridgehead atoms. The summed E-state index contributed by atoms with van der Waals surface area (Å²) < 4.78 is 0. The van der Waals surface area contributed by atoms with E-state index in [9.17, 15) is 4.79 Å². The average Bonchev–Trinajstić information content (AvgIpc) is 2.35. The fourth-order valence-electron chi connectivity index (χ4n) is 3.14. The Morgan fingerprint density at radius 3 is 2.42 bits per heavy atom. The highest BCUT2D eigenvalue weighted by Crippen LogP contribution is 2.24. The minimum absolute atomic E-state index is 0.218. The number of carbonyl (C=O) groups is 1. The molecule has 2 saturated carbocycles. The Labute approximate surface area is 117 Å². The molecule has 0 aromatic heterocycles. The summed E-state index contributed by atoms with van der Waals surface area (Å²) in [7, 11) is 0. The number of nitrogens with two attached hydrogens (primary N) is 1. The van der Waals surface area contributed by atoms with Crippen LogP contribution in [0.15, 0.2) is 0 Å². The first kappa shape index (κ1) is 14.8. The zero-order valence-electron chi connectivity index (χ0n) is 12.1. The summed E-state index contributed by atoms with van der Waals surface area (Å²) >= 11 is 0. The fraction of sp³-hybridized carbons (Fsp3) is 0.933. The first-order valence-corrected chi connectivity index (χ1v) is 8.03. The van der Waals surface area contributed by atoms with Crippen LogP contribution < -0.4 is 11.1 Å². The van der Waals surface area contributed by atoms with Crippen LogP contribution in [0.5, 0.6) is 0 Å². The van der Waals surface area contributed by atoms with Gasteiger partial charge in [-0.2, -0.15) is 0 Å². The highest BCUT2D eigenvalue weighted by atomic mass is 16.2. The van der Waals surface area contributed by atoms with Crippen LogP contribution in [0.4, 0.5) is 0 Å². The summed E-state index contributed by atoms with van der Waals surface area (Å²) in [6, 6.07) is 1.06. The van der Waals surface area contributed by atoms with E-state index in [0.29, 0.717) is 25.2 Å². The summed E-state index contributed by atoms with van der Waals surface area (Å²) in [5.74, 6) is 0.218. The highest BCUT2D eigenvalue weighted by molar-refractivity contribution is 5.78. The van der Waals surface area contributed by atoms with Gasteiger partial charge >= 0.3 is 0 Å². The van der Waals surface area contributed by atoms with E-state index in [0.717, 1.165) is 25.8 Å². The molecule has 2 rings (SSSR count). The SMILES string of the molecule is NCCCN(CC(=O)NC1CCCCC1)C1CCC1. The lowest BCUT2D eigenvalue weighted by atomic mass is 9.91. The van der Waals surface area contributed by atoms with Gasteiger partial charge in [0.25, 0.3) is 0 Å². The van der Waals surface area contributed by atoms with Gasteiger partial charge < -0.3 is 11.1 Å². The van der Waals surface area contributed by atoms with Crippen molar-refractivity contribution in [2.75, 3.05) is 19.6 Å². The summed E-state index contributed by atoms with van der Waals surface area (Å²) in [6.07, 6.45) is 11.0. The van der Waals surface area contributed by atoms with Gasteiger partial charge in [0.1, 0.15) is 0 Å². The molecule has 0 aromatic carbocycles. The van der Waals surface area contributed by atoms with Gasteiger partial charge in [-0.3, -0.25) is 9.69 Å². The van der Waals surface area contributed by atoms with Gasteiger partial charge in [0, 0.05) is 18.6 Å². The molecule has 4 nitrogen and oxygen atoms in total. The highest BCUT2D eigenvalue weighted by Gasteiger charge is 2.26. The average molecular weight is 267 g/mol. The lowest BCUT2D eigenvalue weighted by molar-refractivity contribution is -0.124. The van der Waals surface area contributed by atoms with E-state index in [1.807, 2.05) is 0 Å². The fourth-order valence-corrected chi connectivity index (χ4v) is 3.14. The molecule has 0 saturated heterocycles. The molecule has 2 fully saturated rings. The molecule has 0 radical (unpaired) electrons. The molecule has 3 N–H and O–H groups in total. The third kappa shape index (κ3) is 4.77. The van der Waals surface area contributed by atoms with Crippen molar-refractivity contribution in [2.45, 2.75) is 69.9 Å². The second kappa shape index (κ2) is 7.85. The number of nitrogens with zero attached hydrogens (tertiary/aromatic N) is 1. The first-order chi connectivity index (χ1) is 9.29. The number of hydrogen-bond donors (Lipinski definition) is 2. The Bertz CT molecular complexity index is 273.